The Labute approximate surface area is 181 Å². The highest BCUT2D eigenvalue weighted by Gasteiger charge is 2.15. The van der Waals surface area contributed by atoms with Crippen molar-refractivity contribution in [2.45, 2.75) is 78.1 Å². The summed E-state index contributed by atoms with van der Waals surface area (Å²) in [7, 11) is 1.70. The summed E-state index contributed by atoms with van der Waals surface area (Å²) in [6.45, 7) is 5.76. The number of carbonyl (C=O) groups is 2. The molecule has 6 nitrogen and oxygen atoms in total. The molecule has 1 atom stereocenters. The van der Waals surface area contributed by atoms with E-state index in [1.54, 1.807) is 25.3 Å². The zero-order valence-corrected chi connectivity index (χ0v) is 19.0. The molecule has 0 N–H and O–H groups in total. The van der Waals surface area contributed by atoms with Crippen LogP contribution >= 0.6 is 0 Å². The first kappa shape index (κ1) is 26.1. The fourth-order valence-electron chi connectivity index (χ4n) is 3.21. The molecule has 0 spiro atoms. The lowest BCUT2D eigenvalue weighted by atomic mass is 9.96. The summed E-state index contributed by atoms with van der Waals surface area (Å²) >= 11 is 0. The fraction of sp³-hybridized carbons (Fsp3) is 0.708. The second kappa shape index (κ2) is 16.8. The van der Waals surface area contributed by atoms with Crippen molar-refractivity contribution >= 4 is 11.9 Å². The molecule has 1 aromatic heterocycles. The summed E-state index contributed by atoms with van der Waals surface area (Å²) in [6, 6.07) is 4.75. The minimum absolute atomic E-state index is 0.134. The van der Waals surface area contributed by atoms with E-state index in [0.717, 1.165) is 51.4 Å². The molecule has 0 radical (unpaired) electrons. The second-order valence-electron chi connectivity index (χ2n) is 7.67. The molecule has 0 aliphatic rings. The molecule has 0 saturated carbocycles. The Balaban J connectivity index is 2.44. The second-order valence-corrected chi connectivity index (χ2v) is 7.67. The molecule has 6 heteroatoms. The fourth-order valence-corrected chi connectivity index (χ4v) is 3.21. The van der Waals surface area contributed by atoms with Crippen LogP contribution in [0.25, 0.3) is 0 Å². The van der Waals surface area contributed by atoms with E-state index in [2.05, 4.69) is 18.8 Å². The van der Waals surface area contributed by atoms with Gasteiger partial charge in [0.25, 0.3) is 0 Å². The van der Waals surface area contributed by atoms with Crippen LogP contribution in [0.5, 0.6) is 0 Å². The highest BCUT2D eigenvalue weighted by molar-refractivity contribution is 5.91. The van der Waals surface area contributed by atoms with Gasteiger partial charge in [-0.3, -0.25) is 0 Å². The Morgan fingerprint density at radius 1 is 0.800 bits per heavy atom. The number of methoxy groups -OCH3 is 1. The highest BCUT2D eigenvalue weighted by atomic mass is 16.5. The first-order chi connectivity index (χ1) is 14.6. The monoisotopic (exact) mass is 421 g/mol. The predicted octanol–water partition coefficient (Wildman–Crippen LogP) is 5.60. The van der Waals surface area contributed by atoms with E-state index in [4.69, 9.17) is 14.2 Å². The van der Waals surface area contributed by atoms with Crippen LogP contribution in [0.1, 0.15) is 99.0 Å². The molecule has 1 rings (SSSR count). The van der Waals surface area contributed by atoms with Gasteiger partial charge in [-0.2, -0.15) is 0 Å². The number of nitrogens with zero attached hydrogens (tertiary/aromatic N) is 1. The molecule has 0 bridgehead atoms. The van der Waals surface area contributed by atoms with E-state index >= 15 is 0 Å². The lowest BCUT2D eigenvalue weighted by molar-refractivity contribution is 0.0463. The van der Waals surface area contributed by atoms with Crippen molar-refractivity contribution in [2.24, 2.45) is 5.92 Å². The average molecular weight is 422 g/mol. The van der Waals surface area contributed by atoms with Crippen molar-refractivity contribution in [2.75, 3.05) is 26.9 Å². The largest absolute Gasteiger partial charge is 0.461 e. The van der Waals surface area contributed by atoms with Gasteiger partial charge in [-0.25, -0.2) is 14.6 Å². The molecule has 170 valence electrons. The van der Waals surface area contributed by atoms with Crippen LogP contribution in [0.2, 0.25) is 0 Å². The summed E-state index contributed by atoms with van der Waals surface area (Å²) in [4.78, 5) is 28.6. The Hall–Kier alpha value is -1.95. The summed E-state index contributed by atoms with van der Waals surface area (Å²) < 4.78 is 15.8. The van der Waals surface area contributed by atoms with E-state index in [1.165, 1.54) is 12.8 Å². The topological polar surface area (TPSA) is 74.7 Å². The Bertz CT molecular complexity index is 597. The van der Waals surface area contributed by atoms with E-state index in [-0.39, 0.29) is 11.4 Å². The Morgan fingerprint density at radius 2 is 1.40 bits per heavy atom. The van der Waals surface area contributed by atoms with Crippen LogP contribution in [-0.4, -0.2) is 43.9 Å². The van der Waals surface area contributed by atoms with E-state index in [1.807, 2.05) is 0 Å². The molecular formula is C24H39NO5. The molecule has 0 fully saturated rings. The maximum atomic E-state index is 12.3. The lowest BCUT2D eigenvalue weighted by Gasteiger charge is -2.16. The van der Waals surface area contributed by atoms with Gasteiger partial charge >= 0.3 is 11.9 Å². The third-order valence-electron chi connectivity index (χ3n) is 5.10. The SMILES string of the molecule is CCCCCCCOC(=O)c1cccc(C(=O)OCCC(CCCC)CCOC)n1. The molecule has 30 heavy (non-hydrogen) atoms. The average Bonchev–Trinajstić information content (AvgIpc) is 2.77. The number of hydrogen-bond donors (Lipinski definition) is 0. The summed E-state index contributed by atoms with van der Waals surface area (Å²) in [5, 5.41) is 0. The number of aromatic nitrogens is 1. The van der Waals surface area contributed by atoms with Crippen LogP contribution < -0.4 is 0 Å². The van der Waals surface area contributed by atoms with Gasteiger partial charge < -0.3 is 14.2 Å². The van der Waals surface area contributed by atoms with Gasteiger partial charge in [0, 0.05) is 13.7 Å². The van der Waals surface area contributed by atoms with E-state index < -0.39 is 11.9 Å². The smallest absolute Gasteiger partial charge is 0.356 e. The van der Waals surface area contributed by atoms with Crippen molar-refractivity contribution in [1.29, 1.82) is 0 Å². The standard InChI is InChI=1S/C24H39NO5/c1-4-6-8-9-10-17-29-23(26)21-13-11-14-22(25-21)24(27)30-19-16-20(12-7-5-2)15-18-28-3/h11,13-14,20H,4-10,12,15-19H2,1-3H3. The Morgan fingerprint density at radius 3 is 2.03 bits per heavy atom. The minimum Gasteiger partial charge on any atom is -0.461 e. The molecule has 1 heterocycles. The summed E-state index contributed by atoms with van der Waals surface area (Å²) in [5.74, 6) is -0.533. The van der Waals surface area contributed by atoms with Crippen molar-refractivity contribution in [3.05, 3.63) is 29.6 Å². The summed E-state index contributed by atoms with van der Waals surface area (Å²) in [5.41, 5.74) is 0.272. The van der Waals surface area contributed by atoms with Gasteiger partial charge in [-0.05, 0) is 37.3 Å². The van der Waals surface area contributed by atoms with Crippen molar-refractivity contribution in [3.63, 3.8) is 0 Å². The third kappa shape index (κ3) is 11.3. The van der Waals surface area contributed by atoms with Gasteiger partial charge in [0.05, 0.1) is 13.2 Å². The van der Waals surface area contributed by atoms with Crippen LogP contribution in [0, 0.1) is 5.92 Å². The first-order valence-electron chi connectivity index (χ1n) is 11.4. The van der Waals surface area contributed by atoms with Crippen LogP contribution in [0.3, 0.4) is 0 Å². The number of rotatable bonds is 17. The van der Waals surface area contributed by atoms with Crippen LogP contribution in [0.4, 0.5) is 0 Å². The quantitative estimate of drug-likeness (QED) is 0.241. The van der Waals surface area contributed by atoms with Gasteiger partial charge in [0.2, 0.25) is 0 Å². The zero-order chi connectivity index (χ0) is 22.0. The van der Waals surface area contributed by atoms with E-state index in [0.29, 0.717) is 25.7 Å². The van der Waals surface area contributed by atoms with E-state index in [9.17, 15) is 9.59 Å². The van der Waals surface area contributed by atoms with Gasteiger partial charge in [-0.1, -0.05) is 64.9 Å². The van der Waals surface area contributed by atoms with Crippen LogP contribution in [-0.2, 0) is 14.2 Å². The number of pyridine rings is 1. The molecule has 1 aromatic rings. The molecule has 0 saturated heterocycles. The van der Waals surface area contributed by atoms with Gasteiger partial charge in [0.1, 0.15) is 11.4 Å². The molecule has 1 unspecified atom stereocenters. The van der Waals surface area contributed by atoms with Gasteiger partial charge in [-0.15, -0.1) is 0 Å². The number of carbonyl (C=O) groups excluding carboxylic acids is 2. The third-order valence-corrected chi connectivity index (χ3v) is 5.10. The number of esters is 2. The maximum absolute atomic E-state index is 12.3. The zero-order valence-electron chi connectivity index (χ0n) is 19.0. The molecule has 0 amide bonds. The van der Waals surface area contributed by atoms with Crippen molar-refractivity contribution < 1.29 is 23.8 Å². The minimum atomic E-state index is -0.509. The summed E-state index contributed by atoms with van der Waals surface area (Å²) in [6.07, 6.45) is 10.6. The molecular weight excluding hydrogens is 382 g/mol. The first-order valence-corrected chi connectivity index (χ1v) is 11.4. The lowest BCUT2D eigenvalue weighted by Crippen LogP contribution is -2.15. The highest BCUT2D eigenvalue weighted by Crippen LogP contribution is 2.17. The molecule has 0 aliphatic heterocycles. The molecule has 0 aromatic carbocycles. The van der Waals surface area contributed by atoms with Gasteiger partial charge in [0.15, 0.2) is 0 Å². The maximum Gasteiger partial charge on any atom is 0.356 e. The predicted molar refractivity (Wildman–Crippen MR) is 118 cm³/mol. The normalized spacial score (nSPS) is 11.8. The molecule has 0 aliphatic carbocycles. The van der Waals surface area contributed by atoms with Crippen molar-refractivity contribution in [3.8, 4) is 0 Å². The number of unbranched alkanes of at least 4 members (excludes halogenated alkanes) is 5. The van der Waals surface area contributed by atoms with Crippen molar-refractivity contribution in [1.82, 2.24) is 4.98 Å². The Kier molecular flexibility index (Phi) is 14.6. The number of hydrogen-bond acceptors (Lipinski definition) is 6. The van der Waals surface area contributed by atoms with Crippen LogP contribution in [0.15, 0.2) is 18.2 Å². The number of ether oxygens (including phenoxy) is 3.